The molecule has 1 heterocycles. The van der Waals surface area contributed by atoms with E-state index in [1.807, 2.05) is 12.1 Å². The van der Waals surface area contributed by atoms with Crippen molar-refractivity contribution in [3.8, 4) is 0 Å². The smallest absolute Gasteiger partial charge is 0.268 e. The summed E-state index contributed by atoms with van der Waals surface area (Å²) in [7, 11) is 0. The summed E-state index contributed by atoms with van der Waals surface area (Å²) >= 11 is 0. The Morgan fingerprint density at radius 3 is 1.29 bits per heavy atom. The first-order valence-corrected chi connectivity index (χ1v) is 15.8. The lowest BCUT2D eigenvalue weighted by molar-refractivity contribution is -0.119. The number of nitrogens with one attached hydrogen (secondary N) is 4. The summed E-state index contributed by atoms with van der Waals surface area (Å²) < 4.78 is 5.98. The van der Waals surface area contributed by atoms with Crippen molar-refractivity contribution in [3.63, 3.8) is 0 Å². The molecule has 2 aliphatic carbocycles. The molecule has 0 unspecified atom stereocenters. The van der Waals surface area contributed by atoms with Gasteiger partial charge in [-0.3, -0.25) is 19.2 Å². The molecule has 4 amide bonds. The number of carbonyl (C=O) groups is 4. The molecule has 0 atom stereocenters. The Balaban J connectivity index is 1.39. The quantitative estimate of drug-likeness (QED) is 0.219. The number of amides is 4. The Morgan fingerprint density at radius 2 is 0.911 bits per heavy atom. The summed E-state index contributed by atoms with van der Waals surface area (Å²) in [6.45, 7) is 0. The SMILES string of the molecule is O=C(NC1CCCCC1)/C(=C/c1ccc(/C=C(/NC(=O)c2ccccc2)C(=O)NC2CCCCC2)o1)NC(=O)c1ccccc1. The van der Waals surface area contributed by atoms with Gasteiger partial charge in [0, 0.05) is 35.4 Å². The average molecular weight is 609 g/mol. The topological polar surface area (TPSA) is 130 Å². The fraction of sp³-hybridized carbons (Fsp3) is 0.333. The van der Waals surface area contributed by atoms with Crippen molar-refractivity contribution in [1.82, 2.24) is 21.3 Å². The van der Waals surface area contributed by atoms with Crippen molar-refractivity contribution in [2.75, 3.05) is 0 Å². The second-order valence-corrected chi connectivity index (χ2v) is 11.6. The van der Waals surface area contributed by atoms with Gasteiger partial charge < -0.3 is 25.7 Å². The predicted octanol–water partition coefficient (Wildman–Crippen LogP) is 5.72. The van der Waals surface area contributed by atoms with E-state index in [0.29, 0.717) is 22.6 Å². The number of hydrogen-bond acceptors (Lipinski definition) is 5. The van der Waals surface area contributed by atoms with Gasteiger partial charge in [-0.25, -0.2) is 0 Å². The molecule has 2 aliphatic rings. The van der Waals surface area contributed by atoms with Crippen LogP contribution in [0.15, 0.2) is 88.6 Å². The summed E-state index contributed by atoms with van der Waals surface area (Å²) in [6.07, 6.45) is 13.0. The molecule has 45 heavy (non-hydrogen) atoms. The van der Waals surface area contributed by atoms with Gasteiger partial charge in [-0.2, -0.15) is 0 Å². The largest absolute Gasteiger partial charge is 0.457 e. The van der Waals surface area contributed by atoms with E-state index in [0.717, 1.165) is 64.2 Å². The highest BCUT2D eigenvalue weighted by Gasteiger charge is 2.22. The van der Waals surface area contributed by atoms with E-state index in [9.17, 15) is 19.2 Å². The summed E-state index contributed by atoms with van der Waals surface area (Å²) in [5.74, 6) is -1.05. The molecule has 5 rings (SSSR count). The lowest BCUT2D eigenvalue weighted by Crippen LogP contribution is -2.41. The highest BCUT2D eigenvalue weighted by Crippen LogP contribution is 2.20. The molecule has 0 radical (unpaired) electrons. The lowest BCUT2D eigenvalue weighted by Gasteiger charge is -2.23. The highest BCUT2D eigenvalue weighted by molar-refractivity contribution is 6.06. The van der Waals surface area contributed by atoms with Gasteiger partial charge in [-0.05, 0) is 62.1 Å². The van der Waals surface area contributed by atoms with Crippen LogP contribution in [0.25, 0.3) is 12.2 Å². The van der Waals surface area contributed by atoms with Crippen LogP contribution < -0.4 is 21.3 Å². The zero-order valence-corrected chi connectivity index (χ0v) is 25.3. The molecular formula is C36H40N4O5. The Kier molecular flexibility index (Phi) is 11.0. The van der Waals surface area contributed by atoms with E-state index in [-0.39, 0.29) is 23.5 Å². The van der Waals surface area contributed by atoms with Crippen LogP contribution in [0.4, 0.5) is 0 Å². The van der Waals surface area contributed by atoms with Crippen LogP contribution in [0.2, 0.25) is 0 Å². The van der Waals surface area contributed by atoms with E-state index in [2.05, 4.69) is 21.3 Å². The van der Waals surface area contributed by atoms with Crippen LogP contribution in [0.5, 0.6) is 0 Å². The van der Waals surface area contributed by atoms with Crippen LogP contribution in [0.3, 0.4) is 0 Å². The number of rotatable bonds is 10. The maximum absolute atomic E-state index is 13.4. The summed E-state index contributed by atoms with van der Waals surface area (Å²) in [4.78, 5) is 52.7. The zero-order valence-electron chi connectivity index (χ0n) is 25.3. The Hall–Kier alpha value is -4.92. The van der Waals surface area contributed by atoms with Gasteiger partial charge in [-0.15, -0.1) is 0 Å². The fourth-order valence-corrected chi connectivity index (χ4v) is 5.71. The molecule has 0 bridgehead atoms. The third-order valence-electron chi connectivity index (χ3n) is 8.16. The van der Waals surface area contributed by atoms with Crippen molar-refractivity contribution in [2.45, 2.75) is 76.3 Å². The molecule has 9 nitrogen and oxygen atoms in total. The zero-order chi connectivity index (χ0) is 31.4. The van der Waals surface area contributed by atoms with Gasteiger partial charge in [-0.1, -0.05) is 74.9 Å². The molecule has 2 saturated carbocycles. The maximum Gasteiger partial charge on any atom is 0.268 e. The minimum absolute atomic E-state index is 0.0387. The number of carbonyl (C=O) groups excluding carboxylic acids is 4. The molecule has 2 fully saturated rings. The first-order chi connectivity index (χ1) is 21.9. The molecule has 4 N–H and O–H groups in total. The first kappa shape index (κ1) is 31.5. The van der Waals surface area contributed by atoms with Crippen molar-refractivity contribution < 1.29 is 23.6 Å². The predicted molar refractivity (Wildman–Crippen MR) is 173 cm³/mol. The molecule has 0 saturated heterocycles. The molecule has 0 aliphatic heterocycles. The third kappa shape index (κ3) is 9.28. The Bertz CT molecular complexity index is 1420. The number of benzene rings is 2. The first-order valence-electron chi connectivity index (χ1n) is 15.8. The van der Waals surface area contributed by atoms with Crippen LogP contribution in [-0.4, -0.2) is 35.7 Å². The highest BCUT2D eigenvalue weighted by atomic mass is 16.3. The van der Waals surface area contributed by atoms with Gasteiger partial charge in [0.1, 0.15) is 22.9 Å². The second-order valence-electron chi connectivity index (χ2n) is 11.6. The van der Waals surface area contributed by atoms with Crippen molar-refractivity contribution >= 4 is 35.8 Å². The maximum atomic E-state index is 13.4. The van der Waals surface area contributed by atoms with Crippen LogP contribution >= 0.6 is 0 Å². The lowest BCUT2D eigenvalue weighted by atomic mass is 9.95. The molecule has 3 aromatic rings. The van der Waals surface area contributed by atoms with Gasteiger partial charge >= 0.3 is 0 Å². The molecule has 1 aromatic heterocycles. The van der Waals surface area contributed by atoms with E-state index in [1.165, 1.54) is 12.2 Å². The van der Waals surface area contributed by atoms with Crippen molar-refractivity contribution in [2.24, 2.45) is 0 Å². The summed E-state index contributed by atoms with van der Waals surface area (Å²) in [5, 5.41) is 11.6. The van der Waals surface area contributed by atoms with Crippen LogP contribution in [-0.2, 0) is 9.59 Å². The van der Waals surface area contributed by atoms with Crippen molar-refractivity contribution in [1.29, 1.82) is 0 Å². The molecular weight excluding hydrogens is 568 g/mol. The normalized spacial score (nSPS) is 16.4. The molecule has 2 aromatic carbocycles. The second kappa shape index (κ2) is 15.7. The minimum atomic E-state index is -0.419. The third-order valence-corrected chi connectivity index (χ3v) is 8.16. The fourth-order valence-electron chi connectivity index (χ4n) is 5.71. The molecule has 9 heteroatoms. The monoisotopic (exact) mass is 608 g/mol. The number of hydrogen-bond donors (Lipinski definition) is 4. The van der Waals surface area contributed by atoms with Gasteiger partial charge in [0.15, 0.2) is 0 Å². The minimum Gasteiger partial charge on any atom is -0.457 e. The molecule has 234 valence electrons. The summed E-state index contributed by atoms with van der Waals surface area (Å²) in [6, 6.07) is 20.7. The summed E-state index contributed by atoms with van der Waals surface area (Å²) in [5.41, 5.74) is 0.929. The average Bonchev–Trinajstić information content (AvgIpc) is 3.52. The standard InChI is InChI=1S/C36H40N4O5/c41-33(25-13-5-1-6-14-25)39-31(35(43)37-27-17-9-3-10-18-27)23-29-21-22-30(45-29)24-32(36(44)38-28-19-11-4-12-20-28)40-34(42)26-15-7-2-8-16-26/h1-2,5-8,13-16,21-24,27-28H,3-4,9-12,17-20H2,(H,37,43)(H,38,44)(H,39,41)(H,40,42)/b31-23-,32-24+. The van der Waals surface area contributed by atoms with E-state index in [4.69, 9.17) is 4.42 Å². The van der Waals surface area contributed by atoms with E-state index >= 15 is 0 Å². The Morgan fingerprint density at radius 1 is 0.533 bits per heavy atom. The molecule has 0 spiro atoms. The van der Waals surface area contributed by atoms with Gasteiger partial charge in [0.2, 0.25) is 0 Å². The van der Waals surface area contributed by atoms with E-state index < -0.39 is 23.6 Å². The van der Waals surface area contributed by atoms with Crippen molar-refractivity contribution in [3.05, 3.63) is 107 Å². The Labute approximate surface area is 263 Å². The number of furan rings is 1. The van der Waals surface area contributed by atoms with E-state index in [1.54, 1.807) is 60.7 Å². The van der Waals surface area contributed by atoms with Crippen LogP contribution in [0, 0.1) is 0 Å². The van der Waals surface area contributed by atoms with Gasteiger partial charge in [0.25, 0.3) is 23.6 Å². The van der Waals surface area contributed by atoms with Gasteiger partial charge in [0.05, 0.1) is 0 Å². The van der Waals surface area contributed by atoms with Crippen LogP contribution in [0.1, 0.15) is 96.4 Å².